The van der Waals surface area contributed by atoms with Gasteiger partial charge in [0.15, 0.2) is 0 Å². The molecule has 3 saturated heterocycles. The standard InChI is InChI=1S/C9H16N2.3ClH/c10-9-7-1-6-2-8(9)5-11(3-6)4-7;;;/h6-9H,1-5,10H2;3*1H. The summed E-state index contributed by atoms with van der Waals surface area (Å²) in [6, 6.07) is 0.544. The van der Waals surface area contributed by atoms with Crippen molar-refractivity contribution < 1.29 is 0 Å². The average molecular weight is 262 g/mol. The first-order valence-corrected chi connectivity index (χ1v) is 4.81. The topological polar surface area (TPSA) is 29.3 Å². The van der Waals surface area contributed by atoms with Gasteiger partial charge in [0.1, 0.15) is 0 Å². The lowest BCUT2D eigenvalue weighted by atomic mass is 9.65. The molecule has 5 heteroatoms. The Labute approximate surface area is 104 Å². The molecular weight excluding hydrogens is 242 g/mol. The molecule has 4 rings (SSSR count). The lowest BCUT2D eigenvalue weighted by Gasteiger charge is -2.54. The molecule has 4 fully saturated rings. The van der Waals surface area contributed by atoms with Crippen LogP contribution in [-0.2, 0) is 0 Å². The molecule has 2 nitrogen and oxygen atoms in total. The monoisotopic (exact) mass is 260 g/mol. The van der Waals surface area contributed by atoms with Crippen LogP contribution in [0.25, 0.3) is 0 Å². The van der Waals surface area contributed by atoms with Crippen molar-refractivity contribution in [3.05, 3.63) is 0 Å². The van der Waals surface area contributed by atoms with Gasteiger partial charge in [-0.1, -0.05) is 0 Å². The van der Waals surface area contributed by atoms with Crippen molar-refractivity contribution in [3.63, 3.8) is 0 Å². The van der Waals surface area contributed by atoms with Crippen LogP contribution in [0.1, 0.15) is 12.8 Å². The minimum Gasteiger partial charge on any atom is -0.327 e. The van der Waals surface area contributed by atoms with E-state index < -0.39 is 0 Å². The summed E-state index contributed by atoms with van der Waals surface area (Å²) < 4.78 is 0. The van der Waals surface area contributed by atoms with Gasteiger partial charge in [0, 0.05) is 25.7 Å². The van der Waals surface area contributed by atoms with Gasteiger partial charge in [0.2, 0.25) is 0 Å². The summed E-state index contributed by atoms with van der Waals surface area (Å²) in [5.74, 6) is 2.70. The molecule has 0 amide bonds. The first kappa shape index (κ1) is 14.8. The number of hydrogen-bond donors (Lipinski definition) is 1. The highest BCUT2D eigenvalue weighted by molar-refractivity contribution is 5.86. The number of piperidine rings is 3. The molecular formula is C9H19Cl3N2. The van der Waals surface area contributed by atoms with E-state index in [1.807, 2.05) is 0 Å². The maximum absolute atomic E-state index is 6.14. The summed E-state index contributed by atoms with van der Waals surface area (Å²) >= 11 is 0. The van der Waals surface area contributed by atoms with Gasteiger partial charge in [-0.2, -0.15) is 0 Å². The minimum absolute atomic E-state index is 0. The maximum Gasteiger partial charge on any atom is 0.0120 e. The van der Waals surface area contributed by atoms with Crippen LogP contribution in [0.15, 0.2) is 0 Å². The zero-order valence-corrected chi connectivity index (χ0v) is 10.5. The van der Waals surface area contributed by atoms with Gasteiger partial charge >= 0.3 is 0 Å². The fraction of sp³-hybridized carbons (Fsp3) is 1.00. The fourth-order valence-corrected chi connectivity index (χ4v) is 3.45. The Hall–Kier alpha value is 0.790. The van der Waals surface area contributed by atoms with E-state index in [1.165, 1.54) is 32.5 Å². The van der Waals surface area contributed by atoms with Gasteiger partial charge in [-0.05, 0) is 30.6 Å². The second kappa shape index (κ2) is 5.22. The van der Waals surface area contributed by atoms with Crippen LogP contribution in [0, 0.1) is 17.8 Å². The summed E-state index contributed by atoms with van der Waals surface area (Å²) in [6.07, 6.45) is 2.85. The van der Waals surface area contributed by atoms with Gasteiger partial charge in [-0.3, -0.25) is 0 Å². The number of hydrogen-bond acceptors (Lipinski definition) is 2. The third-order valence-electron chi connectivity index (χ3n) is 3.86. The molecule has 2 N–H and O–H groups in total. The van der Waals surface area contributed by atoms with E-state index in [4.69, 9.17) is 5.73 Å². The highest BCUT2D eigenvalue weighted by atomic mass is 35.5. The summed E-state index contributed by atoms with van der Waals surface area (Å²) in [7, 11) is 0. The van der Waals surface area contributed by atoms with Crippen molar-refractivity contribution >= 4 is 37.2 Å². The minimum atomic E-state index is 0. The van der Waals surface area contributed by atoms with Crippen molar-refractivity contribution in [1.29, 1.82) is 0 Å². The highest BCUT2D eigenvalue weighted by Gasteiger charge is 2.45. The molecule has 1 aliphatic carbocycles. The van der Waals surface area contributed by atoms with Crippen LogP contribution in [0.5, 0.6) is 0 Å². The van der Waals surface area contributed by atoms with Crippen LogP contribution >= 0.6 is 37.2 Å². The molecule has 0 aromatic rings. The van der Waals surface area contributed by atoms with Crippen molar-refractivity contribution in [2.24, 2.45) is 23.5 Å². The number of nitrogens with two attached hydrogens (primary N) is 1. The molecule has 14 heavy (non-hydrogen) atoms. The Kier molecular flexibility index (Phi) is 5.51. The second-order valence-corrected chi connectivity index (χ2v) is 4.65. The summed E-state index contributed by atoms with van der Waals surface area (Å²) in [5.41, 5.74) is 6.14. The molecule has 4 bridgehead atoms. The van der Waals surface area contributed by atoms with Crippen molar-refractivity contribution in [2.75, 3.05) is 19.6 Å². The number of halogens is 3. The van der Waals surface area contributed by atoms with Crippen molar-refractivity contribution in [1.82, 2.24) is 4.90 Å². The lowest BCUT2D eigenvalue weighted by Crippen LogP contribution is -2.62. The largest absolute Gasteiger partial charge is 0.327 e. The van der Waals surface area contributed by atoms with E-state index in [0.717, 1.165) is 17.8 Å². The van der Waals surface area contributed by atoms with Crippen LogP contribution in [-0.4, -0.2) is 30.6 Å². The molecule has 3 aliphatic heterocycles. The normalized spacial score (nSPS) is 47.4. The van der Waals surface area contributed by atoms with Crippen LogP contribution < -0.4 is 5.73 Å². The Morgan fingerprint density at radius 3 is 1.79 bits per heavy atom. The smallest absolute Gasteiger partial charge is 0.0120 e. The van der Waals surface area contributed by atoms with Crippen LogP contribution in [0.2, 0.25) is 0 Å². The van der Waals surface area contributed by atoms with E-state index in [9.17, 15) is 0 Å². The third-order valence-corrected chi connectivity index (χ3v) is 3.86. The molecule has 3 heterocycles. The average Bonchev–Trinajstić information content (AvgIpc) is 1.98. The molecule has 1 saturated carbocycles. The molecule has 0 radical (unpaired) electrons. The van der Waals surface area contributed by atoms with Gasteiger partial charge in [-0.15, -0.1) is 37.2 Å². The van der Waals surface area contributed by atoms with Gasteiger partial charge < -0.3 is 10.6 Å². The van der Waals surface area contributed by atoms with Gasteiger partial charge in [0.25, 0.3) is 0 Å². The number of rotatable bonds is 0. The van der Waals surface area contributed by atoms with E-state index in [0.29, 0.717) is 6.04 Å². The summed E-state index contributed by atoms with van der Waals surface area (Å²) in [6.45, 7) is 3.97. The van der Waals surface area contributed by atoms with E-state index in [-0.39, 0.29) is 37.2 Å². The quantitative estimate of drug-likeness (QED) is 0.717. The van der Waals surface area contributed by atoms with E-state index >= 15 is 0 Å². The zero-order valence-electron chi connectivity index (χ0n) is 8.09. The summed E-state index contributed by atoms with van der Waals surface area (Å²) in [5, 5.41) is 0. The fourth-order valence-electron chi connectivity index (χ4n) is 3.45. The Morgan fingerprint density at radius 1 is 0.857 bits per heavy atom. The van der Waals surface area contributed by atoms with Gasteiger partial charge in [-0.25, -0.2) is 0 Å². The van der Waals surface area contributed by atoms with Gasteiger partial charge in [0.05, 0.1) is 0 Å². The molecule has 0 aromatic heterocycles. The zero-order chi connectivity index (χ0) is 7.42. The van der Waals surface area contributed by atoms with E-state index in [2.05, 4.69) is 4.90 Å². The van der Waals surface area contributed by atoms with Crippen LogP contribution in [0.4, 0.5) is 0 Å². The predicted molar refractivity (Wildman–Crippen MR) is 65.9 cm³/mol. The Balaban J connectivity index is 0.000000563. The molecule has 2 atom stereocenters. The second-order valence-electron chi connectivity index (χ2n) is 4.65. The molecule has 0 aromatic carbocycles. The maximum atomic E-state index is 6.14. The first-order chi connectivity index (χ1) is 5.33. The SMILES string of the molecule is Cl.Cl.Cl.NC1C2CC3CC1CN(C3)C2. The third kappa shape index (κ3) is 2.14. The predicted octanol–water partition coefficient (Wildman–Crippen LogP) is 1.55. The van der Waals surface area contributed by atoms with E-state index in [1.54, 1.807) is 0 Å². The Bertz CT molecular complexity index is 161. The molecule has 2 unspecified atom stereocenters. The first-order valence-electron chi connectivity index (χ1n) is 4.81. The highest BCUT2D eigenvalue weighted by Crippen LogP contribution is 2.42. The molecule has 86 valence electrons. The van der Waals surface area contributed by atoms with Crippen molar-refractivity contribution in [3.8, 4) is 0 Å². The number of nitrogens with zero attached hydrogens (tertiary/aromatic N) is 1. The molecule has 4 aliphatic rings. The molecule has 0 spiro atoms. The Morgan fingerprint density at radius 2 is 1.36 bits per heavy atom. The lowest BCUT2D eigenvalue weighted by molar-refractivity contribution is -0.0328. The van der Waals surface area contributed by atoms with Crippen LogP contribution in [0.3, 0.4) is 0 Å². The van der Waals surface area contributed by atoms with Crippen molar-refractivity contribution in [2.45, 2.75) is 18.9 Å². The summed E-state index contributed by atoms with van der Waals surface area (Å²) in [4.78, 5) is 2.62.